The van der Waals surface area contributed by atoms with Crippen molar-refractivity contribution in [3.63, 3.8) is 0 Å². The molecule has 0 heterocycles. The Bertz CT molecular complexity index is 337. The van der Waals surface area contributed by atoms with Crippen LogP contribution < -0.4 is 5.73 Å². The molecule has 0 aliphatic heterocycles. The molecule has 0 saturated carbocycles. The minimum Gasteiger partial charge on any atom is -0.324 e. The maximum absolute atomic E-state index is 11.2. The average Bonchev–Trinajstić information content (AvgIpc) is 2.19. The van der Waals surface area contributed by atoms with Crippen LogP contribution in [0.2, 0.25) is 0 Å². The predicted octanol–water partition coefficient (Wildman–Crippen LogP) is 1.67. The maximum atomic E-state index is 11.2. The number of rotatable bonds is 4. The highest BCUT2D eigenvalue weighted by atomic mass is 16.1. The molecule has 1 unspecified atom stereocenters. The van der Waals surface area contributed by atoms with Gasteiger partial charge in [-0.05, 0) is 5.56 Å². The highest BCUT2D eigenvalue weighted by molar-refractivity contribution is 5.81. The van der Waals surface area contributed by atoms with Crippen LogP contribution >= 0.6 is 0 Å². The number of hydrogen-bond donors (Lipinski definition) is 1. The Labute approximate surface area is 84.1 Å². The van der Waals surface area contributed by atoms with E-state index in [1.165, 1.54) is 0 Å². The first-order chi connectivity index (χ1) is 6.74. The lowest BCUT2D eigenvalue weighted by atomic mass is 10.0. The molecule has 2 heteroatoms. The Morgan fingerprint density at radius 3 is 2.64 bits per heavy atom. The number of ketones is 1. The van der Waals surface area contributed by atoms with Gasteiger partial charge in [0.15, 0.2) is 0 Å². The van der Waals surface area contributed by atoms with Crippen molar-refractivity contribution < 1.29 is 4.79 Å². The fourth-order valence-corrected chi connectivity index (χ4v) is 1.25. The zero-order valence-electron chi connectivity index (χ0n) is 7.94. The number of carbonyl (C=O) groups is 1. The summed E-state index contributed by atoms with van der Waals surface area (Å²) < 4.78 is 0. The van der Waals surface area contributed by atoms with Crippen LogP contribution in [0, 0.1) is 12.3 Å². The van der Waals surface area contributed by atoms with E-state index >= 15 is 0 Å². The number of terminal acetylenes is 1. The molecule has 1 rings (SSSR count). The average molecular weight is 187 g/mol. The molecule has 0 aliphatic rings. The van der Waals surface area contributed by atoms with Gasteiger partial charge in [-0.25, -0.2) is 0 Å². The third-order valence-corrected chi connectivity index (χ3v) is 1.97. The van der Waals surface area contributed by atoms with E-state index in [1.54, 1.807) is 0 Å². The van der Waals surface area contributed by atoms with Crippen LogP contribution in [-0.2, 0) is 4.79 Å². The van der Waals surface area contributed by atoms with E-state index < -0.39 is 0 Å². The van der Waals surface area contributed by atoms with Gasteiger partial charge >= 0.3 is 0 Å². The van der Waals surface area contributed by atoms with Gasteiger partial charge in [0.2, 0.25) is 0 Å². The SMILES string of the molecule is C#CCC(=O)CC(N)c1ccccc1. The fraction of sp³-hybridized carbons (Fsp3) is 0.250. The van der Waals surface area contributed by atoms with Gasteiger partial charge in [-0.1, -0.05) is 36.3 Å². The standard InChI is InChI=1S/C12H13NO/c1-2-6-11(14)9-12(13)10-7-4-3-5-8-10/h1,3-5,7-8,12H,6,9,13H2. The molecule has 0 bridgehead atoms. The number of nitrogens with two attached hydrogens (primary N) is 1. The second kappa shape index (κ2) is 5.21. The smallest absolute Gasteiger partial charge is 0.146 e. The van der Waals surface area contributed by atoms with Gasteiger partial charge in [0.1, 0.15) is 5.78 Å². The fourth-order valence-electron chi connectivity index (χ4n) is 1.25. The molecular formula is C12H13NO. The lowest BCUT2D eigenvalue weighted by Crippen LogP contribution is -2.14. The summed E-state index contributed by atoms with van der Waals surface area (Å²) in [6.45, 7) is 0. The van der Waals surface area contributed by atoms with Crippen molar-refractivity contribution in [3.05, 3.63) is 35.9 Å². The van der Waals surface area contributed by atoms with Crippen molar-refractivity contribution in [3.8, 4) is 12.3 Å². The number of Topliss-reactive ketones (excluding diaryl/α,β-unsaturated/α-hetero) is 1. The first-order valence-electron chi connectivity index (χ1n) is 4.49. The third kappa shape index (κ3) is 3.04. The van der Waals surface area contributed by atoms with E-state index in [9.17, 15) is 4.79 Å². The van der Waals surface area contributed by atoms with Crippen molar-refractivity contribution in [1.29, 1.82) is 0 Å². The summed E-state index contributed by atoms with van der Waals surface area (Å²) >= 11 is 0. The van der Waals surface area contributed by atoms with Crippen LogP contribution in [0.3, 0.4) is 0 Å². The Morgan fingerprint density at radius 1 is 1.43 bits per heavy atom. The van der Waals surface area contributed by atoms with Gasteiger partial charge in [0.25, 0.3) is 0 Å². The summed E-state index contributed by atoms with van der Waals surface area (Å²) in [6, 6.07) is 9.31. The highest BCUT2D eigenvalue weighted by Gasteiger charge is 2.09. The Balaban J connectivity index is 2.56. The van der Waals surface area contributed by atoms with Gasteiger partial charge in [-0.3, -0.25) is 4.79 Å². The first-order valence-corrected chi connectivity index (χ1v) is 4.49. The molecule has 0 fully saturated rings. The molecule has 14 heavy (non-hydrogen) atoms. The van der Waals surface area contributed by atoms with Crippen LogP contribution in [0.25, 0.3) is 0 Å². The molecule has 0 aromatic heterocycles. The van der Waals surface area contributed by atoms with Gasteiger partial charge in [0, 0.05) is 12.5 Å². The van der Waals surface area contributed by atoms with Crippen molar-refractivity contribution in [2.75, 3.05) is 0 Å². The Kier molecular flexibility index (Phi) is 3.90. The monoisotopic (exact) mass is 187 g/mol. The van der Waals surface area contributed by atoms with E-state index in [0.29, 0.717) is 6.42 Å². The Hall–Kier alpha value is -1.59. The molecule has 2 nitrogen and oxygen atoms in total. The number of carbonyl (C=O) groups excluding carboxylic acids is 1. The van der Waals surface area contributed by atoms with Crippen LogP contribution in [0.5, 0.6) is 0 Å². The lowest BCUT2D eigenvalue weighted by molar-refractivity contribution is -0.118. The summed E-state index contributed by atoms with van der Waals surface area (Å²) in [5.74, 6) is 2.34. The topological polar surface area (TPSA) is 43.1 Å². The van der Waals surface area contributed by atoms with Gasteiger partial charge in [0.05, 0.1) is 6.42 Å². The van der Waals surface area contributed by atoms with Crippen LogP contribution in [0.15, 0.2) is 30.3 Å². The highest BCUT2D eigenvalue weighted by Crippen LogP contribution is 2.13. The third-order valence-electron chi connectivity index (χ3n) is 1.97. The Morgan fingerprint density at radius 2 is 2.07 bits per heavy atom. The van der Waals surface area contributed by atoms with Gasteiger partial charge < -0.3 is 5.73 Å². The van der Waals surface area contributed by atoms with Crippen molar-refractivity contribution in [2.24, 2.45) is 5.73 Å². The van der Waals surface area contributed by atoms with E-state index in [2.05, 4.69) is 5.92 Å². The van der Waals surface area contributed by atoms with Crippen molar-refractivity contribution >= 4 is 5.78 Å². The summed E-state index contributed by atoms with van der Waals surface area (Å²) in [5, 5.41) is 0. The predicted molar refractivity (Wildman–Crippen MR) is 56.4 cm³/mol. The summed E-state index contributed by atoms with van der Waals surface area (Å²) in [5.41, 5.74) is 6.81. The number of benzene rings is 1. The molecular weight excluding hydrogens is 174 g/mol. The zero-order valence-corrected chi connectivity index (χ0v) is 7.94. The molecule has 2 N–H and O–H groups in total. The molecule has 0 saturated heterocycles. The molecule has 0 amide bonds. The summed E-state index contributed by atoms with van der Waals surface area (Å²) in [7, 11) is 0. The summed E-state index contributed by atoms with van der Waals surface area (Å²) in [6.07, 6.45) is 5.51. The van der Waals surface area contributed by atoms with Crippen molar-refractivity contribution in [2.45, 2.75) is 18.9 Å². The van der Waals surface area contributed by atoms with Crippen molar-refractivity contribution in [1.82, 2.24) is 0 Å². The molecule has 1 aromatic rings. The zero-order chi connectivity index (χ0) is 10.4. The first kappa shape index (κ1) is 10.5. The molecule has 0 aliphatic carbocycles. The van der Waals surface area contributed by atoms with Gasteiger partial charge in [-0.2, -0.15) is 0 Å². The molecule has 0 spiro atoms. The van der Waals surface area contributed by atoms with Crippen LogP contribution in [0.4, 0.5) is 0 Å². The van der Waals surface area contributed by atoms with Crippen LogP contribution in [-0.4, -0.2) is 5.78 Å². The summed E-state index contributed by atoms with van der Waals surface area (Å²) in [4.78, 5) is 11.2. The largest absolute Gasteiger partial charge is 0.324 e. The molecule has 1 aromatic carbocycles. The lowest BCUT2D eigenvalue weighted by Gasteiger charge is -2.09. The normalized spacial score (nSPS) is 11.7. The number of hydrogen-bond acceptors (Lipinski definition) is 2. The van der Waals surface area contributed by atoms with E-state index in [-0.39, 0.29) is 18.2 Å². The quantitative estimate of drug-likeness (QED) is 0.728. The second-order valence-corrected chi connectivity index (χ2v) is 3.14. The maximum Gasteiger partial charge on any atom is 0.146 e. The molecule has 1 atom stereocenters. The molecule has 0 radical (unpaired) electrons. The van der Waals surface area contributed by atoms with E-state index in [1.807, 2.05) is 30.3 Å². The second-order valence-electron chi connectivity index (χ2n) is 3.14. The van der Waals surface area contributed by atoms with Gasteiger partial charge in [-0.15, -0.1) is 6.42 Å². The van der Waals surface area contributed by atoms with E-state index in [4.69, 9.17) is 12.2 Å². The molecule has 72 valence electrons. The van der Waals surface area contributed by atoms with E-state index in [0.717, 1.165) is 5.56 Å². The minimum absolute atomic E-state index is 0.0175. The van der Waals surface area contributed by atoms with Crippen LogP contribution in [0.1, 0.15) is 24.4 Å². The minimum atomic E-state index is -0.239.